The van der Waals surface area contributed by atoms with Crippen molar-refractivity contribution in [2.45, 2.75) is 4.90 Å². The van der Waals surface area contributed by atoms with Crippen molar-refractivity contribution in [1.82, 2.24) is 0 Å². The molecule has 1 heterocycles. The van der Waals surface area contributed by atoms with E-state index >= 15 is 0 Å². The van der Waals surface area contributed by atoms with Crippen LogP contribution in [0.1, 0.15) is 0 Å². The second-order valence-corrected chi connectivity index (χ2v) is 5.71. The number of hydrogen-bond acceptors (Lipinski definition) is 4. The SMILES string of the molecule is O=C(CSc1ccccc1)Nc1ccc2oc(=O)ccc2c1. The third kappa shape index (κ3) is 3.56. The molecule has 0 aliphatic heterocycles. The van der Waals surface area contributed by atoms with Crippen LogP contribution in [0.25, 0.3) is 11.0 Å². The van der Waals surface area contributed by atoms with Crippen LogP contribution in [0.15, 0.2) is 74.8 Å². The lowest BCUT2D eigenvalue weighted by Gasteiger charge is -2.06. The first-order valence-electron chi connectivity index (χ1n) is 6.72. The van der Waals surface area contributed by atoms with Crippen LogP contribution >= 0.6 is 11.8 Å². The summed E-state index contributed by atoms with van der Waals surface area (Å²) in [7, 11) is 0. The van der Waals surface area contributed by atoms with Crippen molar-refractivity contribution in [1.29, 1.82) is 0 Å². The van der Waals surface area contributed by atoms with Crippen LogP contribution < -0.4 is 10.9 Å². The van der Waals surface area contributed by atoms with E-state index in [1.807, 2.05) is 30.3 Å². The second kappa shape index (κ2) is 6.49. The van der Waals surface area contributed by atoms with Crippen LogP contribution in [0.3, 0.4) is 0 Å². The van der Waals surface area contributed by atoms with Gasteiger partial charge in [-0.1, -0.05) is 18.2 Å². The molecule has 0 radical (unpaired) electrons. The molecular weight excluding hydrogens is 298 g/mol. The Morgan fingerprint density at radius 2 is 1.86 bits per heavy atom. The molecule has 3 rings (SSSR count). The fourth-order valence-electron chi connectivity index (χ4n) is 2.01. The van der Waals surface area contributed by atoms with E-state index < -0.39 is 0 Å². The average Bonchev–Trinajstić information content (AvgIpc) is 2.54. The Bertz CT molecular complexity index is 858. The second-order valence-electron chi connectivity index (χ2n) is 4.66. The van der Waals surface area contributed by atoms with Crippen molar-refractivity contribution in [2.75, 3.05) is 11.1 Å². The summed E-state index contributed by atoms with van der Waals surface area (Å²) in [5.41, 5.74) is 0.799. The Kier molecular flexibility index (Phi) is 4.25. The van der Waals surface area contributed by atoms with E-state index in [4.69, 9.17) is 4.42 Å². The first-order chi connectivity index (χ1) is 10.7. The zero-order valence-corrected chi connectivity index (χ0v) is 12.4. The fourth-order valence-corrected chi connectivity index (χ4v) is 2.73. The molecule has 1 aromatic heterocycles. The van der Waals surface area contributed by atoms with Crippen LogP contribution in [-0.2, 0) is 4.79 Å². The van der Waals surface area contributed by atoms with Crippen LogP contribution in [0, 0.1) is 0 Å². The number of amides is 1. The van der Waals surface area contributed by atoms with Crippen LogP contribution in [0.2, 0.25) is 0 Å². The summed E-state index contributed by atoms with van der Waals surface area (Å²) < 4.78 is 5.05. The minimum Gasteiger partial charge on any atom is -0.423 e. The lowest BCUT2D eigenvalue weighted by Crippen LogP contribution is -2.13. The number of hydrogen-bond donors (Lipinski definition) is 1. The normalized spacial score (nSPS) is 10.5. The van der Waals surface area contributed by atoms with E-state index in [2.05, 4.69) is 5.32 Å². The standard InChI is InChI=1S/C17H13NO3S/c19-16(11-22-14-4-2-1-3-5-14)18-13-7-8-15-12(10-13)6-9-17(20)21-15/h1-10H,11H2,(H,18,19). The smallest absolute Gasteiger partial charge is 0.336 e. The highest BCUT2D eigenvalue weighted by molar-refractivity contribution is 8.00. The van der Waals surface area contributed by atoms with Gasteiger partial charge in [-0.05, 0) is 36.4 Å². The molecule has 1 N–H and O–H groups in total. The van der Waals surface area contributed by atoms with Crippen molar-refractivity contribution >= 4 is 34.3 Å². The summed E-state index contributed by atoms with van der Waals surface area (Å²) in [6.07, 6.45) is 0. The van der Waals surface area contributed by atoms with Crippen molar-refractivity contribution in [2.24, 2.45) is 0 Å². The molecule has 0 fully saturated rings. The monoisotopic (exact) mass is 311 g/mol. The van der Waals surface area contributed by atoms with Gasteiger partial charge in [0.15, 0.2) is 0 Å². The van der Waals surface area contributed by atoms with Gasteiger partial charge in [-0.2, -0.15) is 0 Å². The Morgan fingerprint density at radius 3 is 2.68 bits per heavy atom. The largest absolute Gasteiger partial charge is 0.423 e. The third-order valence-corrected chi connectivity index (χ3v) is 4.03. The van der Waals surface area contributed by atoms with Crippen LogP contribution in [0.4, 0.5) is 5.69 Å². The lowest BCUT2D eigenvalue weighted by atomic mass is 10.2. The molecule has 110 valence electrons. The highest BCUT2D eigenvalue weighted by atomic mass is 32.2. The molecule has 0 unspecified atom stereocenters. The molecule has 1 amide bonds. The number of thioether (sulfide) groups is 1. The van der Waals surface area contributed by atoms with Crippen molar-refractivity contribution in [3.63, 3.8) is 0 Å². The van der Waals surface area contributed by atoms with Gasteiger partial charge in [0.2, 0.25) is 5.91 Å². The molecule has 0 aliphatic carbocycles. The van der Waals surface area contributed by atoms with Gasteiger partial charge in [-0.3, -0.25) is 4.79 Å². The van der Waals surface area contributed by atoms with Gasteiger partial charge in [0.1, 0.15) is 5.58 Å². The summed E-state index contributed by atoms with van der Waals surface area (Å²) in [6.45, 7) is 0. The predicted molar refractivity (Wildman–Crippen MR) is 88.3 cm³/mol. The van der Waals surface area contributed by atoms with Crippen molar-refractivity contribution in [3.05, 3.63) is 71.1 Å². The van der Waals surface area contributed by atoms with Crippen LogP contribution in [-0.4, -0.2) is 11.7 Å². The first-order valence-corrected chi connectivity index (χ1v) is 7.71. The summed E-state index contributed by atoms with van der Waals surface area (Å²) in [4.78, 5) is 24.2. The first kappa shape index (κ1) is 14.4. The molecule has 0 saturated carbocycles. The zero-order valence-electron chi connectivity index (χ0n) is 11.6. The average molecular weight is 311 g/mol. The number of rotatable bonds is 4. The molecule has 0 bridgehead atoms. The number of carbonyl (C=O) groups is 1. The molecule has 2 aromatic carbocycles. The van der Waals surface area contributed by atoms with E-state index in [0.29, 0.717) is 17.0 Å². The Labute approximate surface area is 131 Å². The Morgan fingerprint density at radius 1 is 1.05 bits per heavy atom. The number of benzene rings is 2. The highest BCUT2D eigenvalue weighted by Crippen LogP contribution is 2.20. The quantitative estimate of drug-likeness (QED) is 0.591. The molecule has 5 heteroatoms. The van der Waals surface area contributed by atoms with E-state index in [1.165, 1.54) is 17.8 Å². The molecule has 0 spiro atoms. The fraction of sp³-hybridized carbons (Fsp3) is 0.0588. The van der Waals surface area contributed by atoms with E-state index in [1.54, 1.807) is 24.3 Å². The summed E-state index contributed by atoms with van der Waals surface area (Å²) in [6, 6.07) is 18.0. The van der Waals surface area contributed by atoms with Gasteiger partial charge in [0, 0.05) is 22.0 Å². The highest BCUT2D eigenvalue weighted by Gasteiger charge is 2.05. The number of nitrogens with one attached hydrogen (secondary N) is 1. The van der Waals surface area contributed by atoms with Crippen molar-refractivity contribution in [3.8, 4) is 0 Å². The maximum Gasteiger partial charge on any atom is 0.336 e. The van der Waals surface area contributed by atoms with Crippen LogP contribution in [0.5, 0.6) is 0 Å². The van der Waals surface area contributed by atoms with E-state index in [9.17, 15) is 9.59 Å². The van der Waals surface area contributed by atoms with E-state index in [0.717, 1.165) is 10.3 Å². The molecule has 0 atom stereocenters. The molecule has 0 saturated heterocycles. The van der Waals surface area contributed by atoms with Crippen molar-refractivity contribution < 1.29 is 9.21 Å². The minimum absolute atomic E-state index is 0.0782. The summed E-state index contributed by atoms with van der Waals surface area (Å²) in [5.74, 6) is 0.261. The summed E-state index contributed by atoms with van der Waals surface area (Å²) >= 11 is 1.48. The Balaban J connectivity index is 1.66. The van der Waals surface area contributed by atoms with Gasteiger partial charge in [-0.15, -0.1) is 11.8 Å². The number of carbonyl (C=O) groups excluding carboxylic acids is 1. The molecule has 0 aliphatic rings. The molecule has 3 aromatic rings. The number of fused-ring (bicyclic) bond motifs is 1. The van der Waals surface area contributed by atoms with Gasteiger partial charge < -0.3 is 9.73 Å². The van der Waals surface area contributed by atoms with E-state index in [-0.39, 0.29) is 11.5 Å². The summed E-state index contributed by atoms with van der Waals surface area (Å²) in [5, 5.41) is 3.61. The third-order valence-electron chi connectivity index (χ3n) is 3.02. The lowest BCUT2D eigenvalue weighted by molar-refractivity contribution is -0.113. The van der Waals surface area contributed by atoms with Gasteiger partial charge >= 0.3 is 5.63 Å². The molecular formula is C17H13NO3S. The molecule has 4 nitrogen and oxygen atoms in total. The van der Waals surface area contributed by atoms with Gasteiger partial charge in [0.05, 0.1) is 5.75 Å². The van der Waals surface area contributed by atoms with Gasteiger partial charge in [0.25, 0.3) is 0 Å². The number of anilines is 1. The predicted octanol–water partition coefficient (Wildman–Crippen LogP) is 3.52. The maximum absolute atomic E-state index is 12.0. The zero-order chi connectivity index (χ0) is 15.4. The topological polar surface area (TPSA) is 59.3 Å². The molecule has 22 heavy (non-hydrogen) atoms. The Hall–Kier alpha value is -2.53. The van der Waals surface area contributed by atoms with Gasteiger partial charge in [-0.25, -0.2) is 4.79 Å². The maximum atomic E-state index is 12.0. The minimum atomic E-state index is -0.386.